The van der Waals surface area contributed by atoms with Gasteiger partial charge in [0.2, 0.25) is 0 Å². The lowest BCUT2D eigenvalue weighted by Crippen LogP contribution is -2.36. The van der Waals surface area contributed by atoms with Crippen molar-refractivity contribution in [1.82, 2.24) is 10.2 Å². The third-order valence-electron chi connectivity index (χ3n) is 4.56. The van der Waals surface area contributed by atoms with Crippen LogP contribution < -0.4 is 10.1 Å². The molecule has 1 fully saturated rings. The fraction of sp³-hybridized carbons (Fsp3) is 0.368. The van der Waals surface area contributed by atoms with Crippen LogP contribution in [-0.2, 0) is 9.53 Å². The van der Waals surface area contributed by atoms with Gasteiger partial charge in [-0.05, 0) is 49.9 Å². The van der Waals surface area contributed by atoms with Crippen LogP contribution in [0.15, 0.2) is 40.8 Å². The van der Waals surface area contributed by atoms with Crippen molar-refractivity contribution in [3.05, 3.63) is 42.2 Å². The van der Waals surface area contributed by atoms with E-state index in [1.54, 1.807) is 19.2 Å². The van der Waals surface area contributed by atoms with Crippen molar-refractivity contribution in [2.24, 2.45) is 0 Å². The number of carbonyl (C=O) groups is 2. The first kappa shape index (κ1) is 18.0. The lowest BCUT2D eigenvalue weighted by molar-refractivity contribution is -0.145. The van der Waals surface area contributed by atoms with Crippen molar-refractivity contribution in [3.63, 3.8) is 0 Å². The maximum Gasteiger partial charge on any atom is 0.323 e. The van der Waals surface area contributed by atoms with E-state index in [4.69, 9.17) is 13.9 Å². The molecule has 0 saturated carbocycles. The first-order valence-corrected chi connectivity index (χ1v) is 8.35. The second-order valence-corrected chi connectivity index (χ2v) is 6.28. The average molecular weight is 358 g/mol. The molecular weight excluding hydrogens is 336 g/mol. The Bertz CT molecular complexity index is 783. The summed E-state index contributed by atoms with van der Waals surface area (Å²) < 4.78 is 15.6. The fourth-order valence-electron chi connectivity index (χ4n) is 3.14. The molecule has 2 atom stereocenters. The third kappa shape index (κ3) is 3.72. The maximum absolute atomic E-state index is 12.4. The zero-order valence-corrected chi connectivity index (χ0v) is 15.0. The fourth-order valence-corrected chi connectivity index (χ4v) is 3.14. The van der Waals surface area contributed by atoms with Gasteiger partial charge in [-0.3, -0.25) is 14.5 Å². The van der Waals surface area contributed by atoms with E-state index in [1.807, 2.05) is 36.2 Å². The summed E-state index contributed by atoms with van der Waals surface area (Å²) in [5.41, 5.74) is 0.858. The normalized spacial score (nSPS) is 20.0. The molecule has 0 radical (unpaired) electrons. The first-order chi connectivity index (χ1) is 12.5. The molecule has 2 heterocycles. The summed E-state index contributed by atoms with van der Waals surface area (Å²) >= 11 is 0. The van der Waals surface area contributed by atoms with E-state index >= 15 is 0 Å². The number of hydrogen-bond acceptors (Lipinski definition) is 6. The number of nitrogens with one attached hydrogen (secondary N) is 1. The number of nitrogens with zero attached hydrogens (tertiary/aromatic N) is 1. The monoisotopic (exact) mass is 358 g/mol. The molecule has 1 aromatic heterocycles. The molecule has 1 aromatic carbocycles. The molecule has 1 aliphatic rings. The number of ether oxygens (including phenoxy) is 2. The summed E-state index contributed by atoms with van der Waals surface area (Å²) in [6.07, 6.45) is 0.515. The van der Waals surface area contributed by atoms with E-state index in [0.29, 0.717) is 18.7 Å². The van der Waals surface area contributed by atoms with Crippen LogP contribution in [0.3, 0.4) is 0 Å². The molecule has 1 N–H and O–H groups in total. The number of rotatable bonds is 5. The van der Waals surface area contributed by atoms with Crippen molar-refractivity contribution in [1.29, 1.82) is 0 Å². The van der Waals surface area contributed by atoms with Gasteiger partial charge in [-0.15, -0.1) is 0 Å². The summed E-state index contributed by atoms with van der Waals surface area (Å²) in [6.45, 7) is 0.581. The average Bonchev–Trinajstić information content (AvgIpc) is 3.28. The van der Waals surface area contributed by atoms with Gasteiger partial charge in [0.1, 0.15) is 17.6 Å². The topological polar surface area (TPSA) is 81.0 Å². The zero-order valence-electron chi connectivity index (χ0n) is 15.0. The Morgan fingerprint density at radius 3 is 2.54 bits per heavy atom. The molecule has 0 spiro atoms. The van der Waals surface area contributed by atoms with Crippen molar-refractivity contribution in [3.8, 4) is 17.1 Å². The van der Waals surface area contributed by atoms with Gasteiger partial charge in [0.15, 0.2) is 5.76 Å². The molecule has 0 bridgehead atoms. The Hall–Kier alpha value is -2.80. The standard InChI is InChI=1S/C19H22N2O5/c1-21-11-13(10-15(21)19(23)25-3)20-18(22)17-9-8-16(26-17)12-4-6-14(24-2)7-5-12/h4-9,13,15H,10-11H2,1-3H3,(H,20,22)/t13-,15+/m1/s1. The number of furan rings is 1. The minimum Gasteiger partial charge on any atom is -0.497 e. The van der Waals surface area contributed by atoms with Crippen LogP contribution in [0.25, 0.3) is 11.3 Å². The van der Waals surface area contributed by atoms with Gasteiger partial charge in [-0.2, -0.15) is 0 Å². The van der Waals surface area contributed by atoms with Crippen LogP contribution in [0.1, 0.15) is 17.0 Å². The molecule has 7 nitrogen and oxygen atoms in total. The number of benzene rings is 1. The maximum atomic E-state index is 12.4. The minimum atomic E-state index is -0.336. The van der Waals surface area contributed by atoms with Crippen LogP contribution >= 0.6 is 0 Å². The summed E-state index contributed by atoms with van der Waals surface area (Å²) in [5, 5.41) is 2.92. The molecule has 1 aliphatic heterocycles. The van der Waals surface area contributed by atoms with Crippen LogP contribution in [0, 0.1) is 0 Å². The smallest absolute Gasteiger partial charge is 0.323 e. The highest BCUT2D eigenvalue weighted by Gasteiger charge is 2.36. The first-order valence-electron chi connectivity index (χ1n) is 8.35. The summed E-state index contributed by atoms with van der Waals surface area (Å²) in [5.74, 6) is 1.01. The molecule has 1 amide bonds. The Morgan fingerprint density at radius 2 is 1.88 bits per heavy atom. The van der Waals surface area contributed by atoms with Crippen LogP contribution in [0.5, 0.6) is 5.75 Å². The summed E-state index contributed by atoms with van der Waals surface area (Å²) in [7, 11) is 4.81. The summed E-state index contributed by atoms with van der Waals surface area (Å²) in [6, 6.07) is 10.3. The Kier molecular flexibility index (Phi) is 5.27. The SMILES string of the molecule is COC(=O)[C@@H]1C[C@@H](NC(=O)c2ccc(-c3ccc(OC)cc3)o2)CN1C. The minimum absolute atomic E-state index is 0.133. The number of carbonyl (C=O) groups excluding carboxylic acids is 2. The molecule has 26 heavy (non-hydrogen) atoms. The number of esters is 1. The molecule has 2 aromatic rings. The Morgan fingerprint density at radius 1 is 1.15 bits per heavy atom. The largest absolute Gasteiger partial charge is 0.497 e. The second kappa shape index (κ2) is 7.61. The predicted molar refractivity (Wildman–Crippen MR) is 95.0 cm³/mol. The molecule has 3 rings (SSSR count). The Balaban J connectivity index is 1.64. The lowest BCUT2D eigenvalue weighted by Gasteiger charge is -2.15. The van der Waals surface area contributed by atoms with Gasteiger partial charge in [-0.25, -0.2) is 0 Å². The predicted octanol–water partition coefficient (Wildman–Crippen LogP) is 1.93. The van der Waals surface area contributed by atoms with E-state index in [9.17, 15) is 9.59 Å². The van der Waals surface area contributed by atoms with Crippen LogP contribution in [0.2, 0.25) is 0 Å². The number of likely N-dealkylation sites (tertiary alicyclic amines) is 1. The third-order valence-corrected chi connectivity index (χ3v) is 4.56. The molecular formula is C19H22N2O5. The van der Waals surface area contributed by atoms with Gasteiger partial charge >= 0.3 is 5.97 Å². The van der Waals surface area contributed by atoms with Gasteiger partial charge in [-0.1, -0.05) is 0 Å². The molecule has 7 heteroatoms. The number of amides is 1. The number of methoxy groups -OCH3 is 2. The second-order valence-electron chi connectivity index (χ2n) is 6.28. The van der Waals surface area contributed by atoms with Crippen LogP contribution in [0.4, 0.5) is 0 Å². The Labute approximate surface area is 151 Å². The number of hydrogen-bond donors (Lipinski definition) is 1. The van der Waals surface area contributed by atoms with Gasteiger partial charge in [0.25, 0.3) is 5.91 Å². The zero-order chi connectivity index (χ0) is 18.7. The van der Waals surface area contributed by atoms with E-state index in [-0.39, 0.29) is 29.7 Å². The van der Waals surface area contributed by atoms with Crippen molar-refractivity contribution < 1.29 is 23.5 Å². The molecule has 138 valence electrons. The molecule has 0 aliphatic carbocycles. The van der Waals surface area contributed by atoms with Crippen molar-refractivity contribution >= 4 is 11.9 Å². The van der Waals surface area contributed by atoms with Gasteiger partial charge in [0, 0.05) is 18.2 Å². The highest BCUT2D eigenvalue weighted by Crippen LogP contribution is 2.25. The van der Waals surface area contributed by atoms with Crippen molar-refractivity contribution in [2.75, 3.05) is 27.8 Å². The molecule has 0 unspecified atom stereocenters. The quantitative estimate of drug-likeness (QED) is 0.823. The van der Waals surface area contributed by atoms with Gasteiger partial charge < -0.3 is 19.2 Å². The van der Waals surface area contributed by atoms with Crippen molar-refractivity contribution in [2.45, 2.75) is 18.5 Å². The van der Waals surface area contributed by atoms with E-state index < -0.39 is 0 Å². The van der Waals surface area contributed by atoms with Crippen LogP contribution in [-0.4, -0.2) is 56.7 Å². The van der Waals surface area contributed by atoms with E-state index in [2.05, 4.69) is 5.32 Å². The number of likely N-dealkylation sites (N-methyl/N-ethyl adjacent to an activating group) is 1. The van der Waals surface area contributed by atoms with Gasteiger partial charge in [0.05, 0.1) is 14.2 Å². The summed E-state index contributed by atoms with van der Waals surface area (Å²) in [4.78, 5) is 26.0. The van der Waals surface area contributed by atoms with E-state index in [1.165, 1.54) is 7.11 Å². The highest BCUT2D eigenvalue weighted by molar-refractivity contribution is 5.92. The lowest BCUT2D eigenvalue weighted by atomic mass is 10.1. The molecule has 1 saturated heterocycles. The van der Waals surface area contributed by atoms with E-state index in [0.717, 1.165) is 11.3 Å². The highest BCUT2D eigenvalue weighted by atomic mass is 16.5.